The number of amides is 1. The van der Waals surface area contributed by atoms with Gasteiger partial charge in [-0.15, -0.1) is 0 Å². The standard InChI is InChI=1S/C11H11ClFNO2/c1-11(16)5-14(6-11)10(15)7-3-2-4-8(13)9(7)12/h2-4,16H,5-6H2,1H3. The SMILES string of the molecule is CC1(O)CN(C(=O)c2cccc(F)c2Cl)C1. The van der Waals surface area contributed by atoms with Gasteiger partial charge in [0, 0.05) is 0 Å². The molecule has 0 aliphatic carbocycles. The summed E-state index contributed by atoms with van der Waals surface area (Å²) in [6.07, 6.45) is 0. The molecule has 0 atom stereocenters. The van der Waals surface area contributed by atoms with E-state index in [4.69, 9.17) is 11.6 Å². The minimum atomic E-state index is -0.838. The van der Waals surface area contributed by atoms with E-state index in [0.717, 1.165) is 0 Å². The van der Waals surface area contributed by atoms with Crippen LogP contribution >= 0.6 is 11.6 Å². The van der Waals surface area contributed by atoms with E-state index in [9.17, 15) is 14.3 Å². The summed E-state index contributed by atoms with van der Waals surface area (Å²) in [5.74, 6) is -0.962. The molecule has 5 heteroatoms. The van der Waals surface area contributed by atoms with Crippen LogP contribution in [0.3, 0.4) is 0 Å². The topological polar surface area (TPSA) is 40.5 Å². The highest BCUT2D eigenvalue weighted by Crippen LogP contribution is 2.26. The van der Waals surface area contributed by atoms with Gasteiger partial charge in [0.15, 0.2) is 0 Å². The Morgan fingerprint density at radius 3 is 2.75 bits per heavy atom. The minimum Gasteiger partial charge on any atom is -0.386 e. The first-order valence-corrected chi connectivity index (χ1v) is 5.24. The summed E-state index contributed by atoms with van der Waals surface area (Å²) < 4.78 is 13.1. The number of carbonyl (C=O) groups excluding carboxylic acids is 1. The van der Waals surface area contributed by atoms with Crippen LogP contribution < -0.4 is 0 Å². The number of nitrogens with zero attached hydrogens (tertiary/aromatic N) is 1. The normalized spacial score (nSPS) is 18.1. The van der Waals surface area contributed by atoms with Gasteiger partial charge < -0.3 is 10.0 Å². The molecule has 1 N–H and O–H groups in total. The highest BCUT2D eigenvalue weighted by atomic mass is 35.5. The van der Waals surface area contributed by atoms with E-state index in [1.165, 1.54) is 23.1 Å². The van der Waals surface area contributed by atoms with Crippen molar-refractivity contribution in [2.75, 3.05) is 13.1 Å². The minimum absolute atomic E-state index is 0.136. The molecule has 1 heterocycles. The third-order valence-corrected chi connectivity index (χ3v) is 2.92. The maximum absolute atomic E-state index is 13.1. The molecular weight excluding hydrogens is 233 g/mol. The number of β-amino-alcohol motifs (C(OH)–C–C–N with tert-alkyl or cyclic N) is 1. The molecule has 1 fully saturated rings. The number of likely N-dealkylation sites (tertiary alicyclic amines) is 1. The summed E-state index contributed by atoms with van der Waals surface area (Å²) in [7, 11) is 0. The van der Waals surface area contributed by atoms with Gasteiger partial charge in [0.05, 0.1) is 29.3 Å². The first kappa shape index (κ1) is 11.4. The van der Waals surface area contributed by atoms with Gasteiger partial charge in [-0.2, -0.15) is 0 Å². The van der Waals surface area contributed by atoms with Crippen molar-refractivity contribution in [3.63, 3.8) is 0 Å². The van der Waals surface area contributed by atoms with Crippen LogP contribution in [0.25, 0.3) is 0 Å². The van der Waals surface area contributed by atoms with Crippen LogP contribution in [0.2, 0.25) is 5.02 Å². The zero-order valence-corrected chi connectivity index (χ0v) is 9.46. The van der Waals surface area contributed by atoms with Crippen molar-refractivity contribution in [2.24, 2.45) is 0 Å². The molecule has 86 valence electrons. The molecule has 1 aromatic rings. The molecular formula is C11H11ClFNO2. The van der Waals surface area contributed by atoms with E-state index >= 15 is 0 Å². The second-order valence-electron chi connectivity index (χ2n) is 4.26. The lowest BCUT2D eigenvalue weighted by Gasteiger charge is -2.44. The van der Waals surface area contributed by atoms with Crippen molar-refractivity contribution in [2.45, 2.75) is 12.5 Å². The Morgan fingerprint density at radius 1 is 1.56 bits per heavy atom. The van der Waals surface area contributed by atoms with Crippen LogP contribution in [0.1, 0.15) is 17.3 Å². The fraction of sp³-hybridized carbons (Fsp3) is 0.364. The molecule has 0 spiro atoms. The fourth-order valence-electron chi connectivity index (χ4n) is 1.76. The maximum atomic E-state index is 13.1. The van der Waals surface area contributed by atoms with Gasteiger partial charge >= 0.3 is 0 Å². The Bertz CT molecular complexity index is 440. The van der Waals surface area contributed by atoms with Crippen LogP contribution in [0.4, 0.5) is 4.39 Å². The zero-order valence-electron chi connectivity index (χ0n) is 8.70. The molecule has 1 aromatic carbocycles. The second kappa shape index (κ2) is 3.71. The lowest BCUT2D eigenvalue weighted by atomic mass is 9.96. The number of hydrogen-bond donors (Lipinski definition) is 1. The molecule has 0 unspecified atom stereocenters. The van der Waals surface area contributed by atoms with Crippen molar-refractivity contribution in [1.29, 1.82) is 0 Å². The summed E-state index contributed by atoms with van der Waals surface area (Å²) in [6, 6.07) is 4.11. The Labute approximate surface area is 97.4 Å². The van der Waals surface area contributed by atoms with Crippen molar-refractivity contribution in [1.82, 2.24) is 4.90 Å². The van der Waals surface area contributed by atoms with Crippen molar-refractivity contribution in [3.05, 3.63) is 34.6 Å². The predicted molar refractivity (Wildman–Crippen MR) is 57.9 cm³/mol. The zero-order chi connectivity index (χ0) is 11.9. The lowest BCUT2D eigenvalue weighted by molar-refractivity contribution is -0.0668. The fourth-order valence-corrected chi connectivity index (χ4v) is 1.97. The Morgan fingerprint density at radius 2 is 2.19 bits per heavy atom. The van der Waals surface area contributed by atoms with Crippen molar-refractivity contribution < 1.29 is 14.3 Å². The molecule has 0 bridgehead atoms. The average Bonchev–Trinajstić information content (AvgIpc) is 2.17. The van der Waals surface area contributed by atoms with E-state index in [-0.39, 0.29) is 29.6 Å². The number of carbonyl (C=O) groups is 1. The van der Waals surface area contributed by atoms with Crippen LogP contribution in [-0.4, -0.2) is 34.6 Å². The quantitative estimate of drug-likeness (QED) is 0.815. The third kappa shape index (κ3) is 1.90. The average molecular weight is 244 g/mol. The van der Waals surface area contributed by atoms with Gasteiger partial charge in [-0.25, -0.2) is 4.39 Å². The van der Waals surface area contributed by atoms with Crippen LogP contribution in [0.5, 0.6) is 0 Å². The molecule has 2 rings (SSSR count). The summed E-state index contributed by atoms with van der Waals surface area (Å²) in [5.41, 5.74) is -0.702. The monoisotopic (exact) mass is 243 g/mol. The number of halogens is 2. The second-order valence-corrected chi connectivity index (χ2v) is 4.64. The van der Waals surface area contributed by atoms with E-state index < -0.39 is 11.4 Å². The van der Waals surface area contributed by atoms with E-state index in [0.29, 0.717) is 0 Å². The summed E-state index contributed by atoms with van der Waals surface area (Å²) in [6.45, 7) is 2.14. The molecule has 1 amide bonds. The first-order valence-electron chi connectivity index (χ1n) is 4.86. The Balaban J connectivity index is 2.20. The molecule has 1 aliphatic heterocycles. The number of benzene rings is 1. The van der Waals surface area contributed by atoms with Crippen molar-refractivity contribution >= 4 is 17.5 Å². The van der Waals surface area contributed by atoms with Crippen molar-refractivity contribution in [3.8, 4) is 0 Å². The first-order chi connectivity index (χ1) is 7.41. The highest BCUT2D eigenvalue weighted by Gasteiger charge is 2.40. The number of aliphatic hydroxyl groups is 1. The Kier molecular flexibility index (Phi) is 2.64. The summed E-state index contributed by atoms with van der Waals surface area (Å²) >= 11 is 5.70. The van der Waals surface area contributed by atoms with Gasteiger partial charge in [-0.3, -0.25) is 4.79 Å². The summed E-state index contributed by atoms with van der Waals surface area (Å²) in [4.78, 5) is 13.3. The van der Waals surface area contributed by atoms with Crippen LogP contribution in [0, 0.1) is 5.82 Å². The van der Waals surface area contributed by atoms with Gasteiger partial charge in [0.1, 0.15) is 5.82 Å². The Hall–Kier alpha value is -1.13. The van der Waals surface area contributed by atoms with Gasteiger partial charge in [0.2, 0.25) is 0 Å². The molecule has 0 saturated carbocycles. The largest absolute Gasteiger partial charge is 0.386 e. The smallest absolute Gasteiger partial charge is 0.255 e. The molecule has 0 aromatic heterocycles. The molecule has 3 nitrogen and oxygen atoms in total. The van der Waals surface area contributed by atoms with E-state index in [2.05, 4.69) is 0 Å². The molecule has 1 aliphatic rings. The summed E-state index contributed by atoms with van der Waals surface area (Å²) in [5, 5.41) is 9.33. The van der Waals surface area contributed by atoms with Gasteiger partial charge in [-0.1, -0.05) is 17.7 Å². The maximum Gasteiger partial charge on any atom is 0.255 e. The van der Waals surface area contributed by atoms with E-state index in [1.54, 1.807) is 6.92 Å². The predicted octanol–water partition coefficient (Wildman–Crippen LogP) is 1.69. The third-order valence-electron chi connectivity index (χ3n) is 2.53. The van der Waals surface area contributed by atoms with Crippen LogP contribution in [0.15, 0.2) is 18.2 Å². The van der Waals surface area contributed by atoms with Gasteiger partial charge in [-0.05, 0) is 19.1 Å². The molecule has 0 radical (unpaired) electrons. The number of rotatable bonds is 1. The molecule has 16 heavy (non-hydrogen) atoms. The van der Waals surface area contributed by atoms with E-state index in [1.807, 2.05) is 0 Å². The lowest BCUT2D eigenvalue weighted by Crippen LogP contribution is -2.61. The molecule has 1 saturated heterocycles. The van der Waals surface area contributed by atoms with Crippen LogP contribution in [-0.2, 0) is 0 Å². The number of hydrogen-bond acceptors (Lipinski definition) is 2. The highest BCUT2D eigenvalue weighted by molar-refractivity contribution is 6.34. The van der Waals surface area contributed by atoms with Gasteiger partial charge in [0.25, 0.3) is 5.91 Å².